The van der Waals surface area contributed by atoms with Crippen molar-refractivity contribution in [3.05, 3.63) is 47.5 Å². The molecule has 2 aromatic carbocycles. The van der Waals surface area contributed by atoms with Crippen molar-refractivity contribution >= 4 is 71.1 Å². The molecular formula is C17H17N3Na2O8S4. The van der Waals surface area contributed by atoms with Gasteiger partial charge < -0.3 is 19.7 Å². The summed E-state index contributed by atoms with van der Waals surface area (Å²) in [6.07, 6.45) is 3.10. The first kappa shape index (κ1) is 33.4. The van der Waals surface area contributed by atoms with Gasteiger partial charge in [-0.3, -0.25) is 4.72 Å². The van der Waals surface area contributed by atoms with Crippen LogP contribution in [0.5, 0.6) is 0 Å². The molecule has 11 nitrogen and oxygen atoms in total. The van der Waals surface area contributed by atoms with E-state index in [1.165, 1.54) is 25.2 Å². The van der Waals surface area contributed by atoms with Crippen LogP contribution in [0, 0.1) is 0 Å². The number of thiocarbonyl (C=S) groups is 1. The van der Waals surface area contributed by atoms with Crippen molar-refractivity contribution < 1.29 is 93.5 Å². The molecule has 0 saturated carbocycles. The molecule has 0 radical (unpaired) electrons. The minimum absolute atomic E-state index is 0. The quantitative estimate of drug-likeness (QED) is 0.126. The van der Waals surface area contributed by atoms with Crippen molar-refractivity contribution in [2.24, 2.45) is 0 Å². The molecule has 0 fully saturated rings. The van der Waals surface area contributed by atoms with Gasteiger partial charge in [0.05, 0.1) is 16.0 Å². The van der Waals surface area contributed by atoms with Gasteiger partial charge in [-0.05, 0) is 47.6 Å². The number of benzene rings is 2. The summed E-state index contributed by atoms with van der Waals surface area (Å²) in [6, 6.07) is 6.97. The van der Waals surface area contributed by atoms with E-state index in [9.17, 15) is 34.4 Å². The molecule has 2 aromatic rings. The smallest absolute Gasteiger partial charge is 0.744 e. The number of hydrogen-bond acceptors (Lipinski definition) is 9. The third kappa shape index (κ3) is 10.2. The van der Waals surface area contributed by atoms with E-state index in [2.05, 4.69) is 15.4 Å². The summed E-state index contributed by atoms with van der Waals surface area (Å²) in [5.41, 5.74) is -0.159. The van der Waals surface area contributed by atoms with Crippen LogP contribution < -0.4 is 74.5 Å². The molecule has 0 bridgehead atoms. The van der Waals surface area contributed by atoms with E-state index in [-0.39, 0.29) is 86.7 Å². The molecule has 0 aliphatic rings. The molecule has 34 heavy (non-hydrogen) atoms. The van der Waals surface area contributed by atoms with Crippen LogP contribution >= 0.6 is 12.2 Å². The first-order valence-electron chi connectivity index (χ1n) is 8.44. The number of anilines is 2. The number of rotatable bonds is 7. The van der Waals surface area contributed by atoms with Crippen LogP contribution in [0.15, 0.2) is 46.2 Å². The molecule has 0 aromatic heterocycles. The summed E-state index contributed by atoms with van der Waals surface area (Å²) < 4.78 is 94.8. The third-order valence-corrected chi connectivity index (χ3v) is 6.49. The Morgan fingerprint density at radius 1 is 0.824 bits per heavy atom. The SMILES string of the molecule is CNC(=S)Nc1ccc(/C=C/c2ccc(NS(C)(=O)=O)cc2S(=O)(=O)[O-])c(S(=O)(=O)[O-])c1.[Na+].[Na+]. The fraction of sp³-hybridized carbons (Fsp3) is 0.118. The summed E-state index contributed by atoms with van der Waals surface area (Å²) in [7, 11) is -12.1. The van der Waals surface area contributed by atoms with Crippen molar-refractivity contribution in [1.82, 2.24) is 5.32 Å². The Kier molecular flexibility index (Phi) is 12.9. The maximum atomic E-state index is 11.7. The van der Waals surface area contributed by atoms with Crippen molar-refractivity contribution in [3.63, 3.8) is 0 Å². The number of nitrogens with one attached hydrogen (secondary N) is 3. The van der Waals surface area contributed by atoms with Gasteiger partial charge in [-0.1, -0.05) is 24.3 Å². The molecule has 0 spiro atoms. The van der Waals surface area contributed by atoms with Gasteiger partial charge in [0.1, 0.15) is 20.2 Å². The summed E-state index contributed by atoms with van der Waals surface area (Å²) >= 11 is 4.92. The van der Waals surface area contributed by atoms with E-state index in [0.29, 0.717) is 0 Å². The minimum atomic E-state index is -5.02. The minimum Gasteiger partial charge on any atom is -0.744 e. The molecule has 0 aliphatic heterocycles. The van der Waals surface area contributed by atoms with Gasteiger partial charge in [0, 0.05) is 18.4 Å². The first-order chi connectivity index (χ1) is 14.6. The predicted molar refractivity (Wildman–Crippen MR) is 121 cm³/mol. The van der Waals surface area contributed by atoms with Gasteiger partial charge in [0.15, 0.2) is 5.11 Å². The van der Waals surface area contributed by atoms with Crippen LogP contribution in [-0.4, -0.2) is 52.8 Å². The molecule has 0 saturated heterocycles. The van der Waals surface area contributed by atoms with Crippen molar-refractivity contribution in [2.45, 2.75) is 9.79 Å². The van der Waals surface area contributed by atoms with Crippen molar-refractivity contribution in [1.29, 1.82) is 0 Å². The summed E-state index contributed by atoms with van der Waals surface area (Å²) in [5, 5.41) is 5.47. The zero-order valence-electron chi connectivity index (χ0n) is 18.5. The molecule has 0 unspecified atom stereocenters. The van der Waals surface area contributed by atoms with E-state index in [0.717, 1.165) is 36.6 Å². The molecule has 0 amide bonds. The fourth-order valence-electron chi connectivity index (χ4n) is 2.51. The van der Waals surface area contributed by atoms with Gasteiger partial charge in [-0.25, -0.2) is 25.3 Å². The Labute approximate surface area is 247 Å². The Balaban J connectivity index is 0.00000544. The maximum absolute atomic E-state index is 11.7. The van der Waals surface area contributed by atoms with E-state index >= 15 is 0 Å². The van der Waals surface area contributed by atoms with Crippen molar-refractivity contribution in [2.75, 3.05) is 23.3 Å². The van der Waals surface area contributed by atoms with E-state index in [4.69, 9.17) is 12.2 Å². The maximum Gasteiger partial charge on any atom is 1.00 e. The monoisotopic (exact) mass is 565 g/mol. The van der Waals surface area contributed by atoms with Crippen LogP contribution in [-0.2, 0) is 30.3 Å². The van der Waals surface area contributed by atoms with E-state index < -0.39 is 40.1 Å². The second-order valence-corrected chi connectivity index (χ2v) is 11.2. The number of hydrogen-bond donors (Lipinski definition) is 3. The second-order valence-electron chi connectivity index (χ2n) is 6.33. The Morgan fingerprint density at radius 3 is 1.62 bits per heavy atom. The van der Waals surface area contributed by atoms with Crippen LogP contribution in [0.1, 0.15) is 11.1 Å². The Morgan fingerprint density at radius 2 is 1.24 bits per heavy atom. The summed E-state index contributed by atoms with van der Waals surface area (Å²) in [4.78, 5) is -1.36. The molecular weight excluding hydrogens is 548 g/mol. The normalized spacial score (nSPS) is 11.8. The molecule has 17 heteroatoms. The molecule has 174 valence electrons. The van der Waals surface area contributed by atoms with Crippen LogP contribution in [0.3, 0.4) is 0 Å². The van der Waals surface area contributed by atoms with Gasteiger partial charge in [0.25, 0.3) is 0 Å². The third-order valence-electron chi connectivity index (χ3n) is 3.80. The molecule has 0 aliphatic carbocycles. The predicted octanol–water partition coefficient (Wildman–Crippen LogP) is -5.04. The Bertz CT molecular complexity index is 1410. The molecule has 0 atom stereocenters. The first-order valence-corrected chi connectivity index (χ1v) is 13.6. The van der Waals surface area contributed by atoms with Gasteiger partial charge in [0.2, 0.25) is 10.0 Å². The standard InChI is InChI=1S/C17H19N3O8S4.2Na/c1-18-17(29)19-13-7-5-11(15(9-13)31(23,24)25)3-4-12-6-8-14(20-30(2,21)22)10-16(12)32(26,27)28;;/h3-10,20H,1-2H3,(H2,18,19,29)(H,23,24,25)(H,26,27,28);;/q;2*+1/p-2/b4-3+;;. The average Bonchev–Trinajstić information content (AvgIpc) is 2.64. The van der Waals surface area contributed by atoms with Gasteiger partial charge in [-0.2, -0.15) is 0 Å². The number of sulfonamides is 1. The van der Waals surface area contributed by atoms with Crippen LogP contribution in [0.2, 0.25) is 0 Å². The van der Waals surface area contributed by atoms with Gasteiger partial charge >= 0.3 is 59.1 Å². The van der Waals surface area contributed by atoms with E-state index in [1.807, 2.05) is 0 Å². The van der Waals surface area contributed by atoms with E-state index in [1.54, 1.807) is 0 Å². The fourth-order valence-corrected chi connectivity index (χ4v) is 4.57. The molecule has 3 N–H and O–H groups in total. The van der Waals surface area contributed by atoms with Crippen molar-refractivity contribution in [3.8, 4) is 0 Å². The zero-order chi connectivity index (χ0) is 24.3. The topological polar surface area (TPSA) is 185 Å². The van der Waals surface area contributed by atoms with Crippen LogP contribution in [0.25, 0.3) is 12.2 Å². The second kappa shape index (κ2) is 13.1. The Hall–Kier alpha value is -0.560. The zero-order valence-corrected chi connectivity index (χ0v) is 25.8. The summed E-state index contributed by atoms with van der Waals surface area (Å²) in [5.74, 6) is 0. The molecule has 2 rings (SSSR count). The largest absolute Gasteiger partial charge is 1.00 e. The average molecular weight is 566 g/mol. The summed E-state index contributed by atoms with van der Waals surface area (Å²) in [6.45, 7) is 0. The van der Waals surface area contributed by atoms with Crippen LogP contribution in [0.4, 0.5) is 11.4 Å². The van der Waals surface area contributed by atoms with Gasteiger partial charge in [-0.15, -0.1) is 0 Å². The molecule has 0 heterocycles.